The standard InChI is InChI=1S/C19H29N3O3.HI/c1-5-20-18(21-11-12-10-13(24-4)6-7-15(12)23)22-16-14-8-9-25-17(14)19(16,2)3;/h6-7,10,14,16-17,23H,5,8-9,11H2,1-4H3,(H2,20,21,22);1H. The van der Waals surface area contributed by atoms with E-state index in [9.17, 15) is 5.11 Å². The Labute approximate surface area is 172 Å². The van der Waals surface area contributed by atoms with Crippen molar-refractivity contribution in [2.75, 3.05) is 20.3 Å². The summed E-state index contributed by atoms with van der Waals surface area (Å²) < 4.78 is 11.1. The number of hydrogen-bond donors (Lipinski definition) is 3. The number of rotatable bonds is 5. The monoisotopic (exact) mass is 475 g/mol. The molecule has 0 radical (unpaired) electrons. The first-order chi connectivity index (χ1) is 12.0. The van der Waals surface area contributed by atoms with Crippen LogP contribution in [0.5, 0.6) is 11.5 Å². The summed E-state index contributed by atoms with van der Waals surface area (Å²) in [6, 6.07) is 5.54. The first-order valence-electron chi connectivity index (χ1n) is 8.99. The number of nitrogens with one attached hydrogen (secondary N) is 2. The van der Waals surface area contributed by atoms with Crippen LogP contribution in [0, 0.1) is 11.3 Å². The number of guanidine groups is 1. The van der Waals surface area contributed by atoms with Crippen molar-refractivity contribution in [1.29, 1.82) is 0 Å². The number of aliphatic imine (C=N–C) groups is 1. The predicted molar refractivity (Wildman–Crippen MR) is 113 cm³/mol. The van der Waals surface area contributed by atoms with Crippen LogP contribution in [0.25, 0.3) is 0 Å². The van der Waals surface area contributed by atoms with Gasteiger partial charge in [-0.25, -0.2) is 4.99 Å². The van der Waals surface area contributed by atoms with Crippen molar-refractivity contribution in [2.45, 2.75) is 45.9 Å². The molecule has 1 aliphatic carbocycles. The van der Waals surface area contributed by atoms with E-state index in [-0.39, 0.29) is 35.1 Å². The molecule has 0 bridgehead atoms. The molecule has 2 fully saturated rings. The van der Waals surface area contributed by atoms with E-state index in [1.165, 1.54) is 0 Å². The third kappa shape index (κ3) is 4.03. The Kier molecular flexibility index (Phi) is 7.01. The molecule has 1 heterocycles. The fourth-order valence-corrected chi connectivity index (χ4v) is 4.06. The van der Waals surface area contributed by atoms with Gasteiger partial charge in [0.15, 0.2) is 5.96 Å². The number of halogens is 1. The molecule has 1 aromatic carbocycles. The molecule has 146 valence electrons. The third-order valence-corrected chi connectivity index (χ3v) is 5.43. The molecule has 0 amide bonds. The predicted octanol–water partition coefficient (Wildman–Crippen LogP) is 2.89. The van der Waals surface area contributed by atoms with Crippen molar-refractivity contribution in [3.05, 3.63) is 23.8 Å². The summed E-state index contributed by atoms with van der Waals surface area (Å²) in [6.07, 6.45) is 1.44. The molecule has 1 saturated heterocycles. The molecule has 7 heteroatoms. The van der Waals surface area contributed by atoms with Gasteiger partial charge in [0.25, 0.3) is 0 Å². The second-order valence-corrected chi connectivity index (χ2v) is 7.38. The maximum Gasteiger partial charge on any atom is 0.191 e. The molecule has 3 rings (SSSR count). The van der Waals surface area contributed by atoms with Gasteiger partial charge in [0, 0.05) is 36.1 Å². The number of hydrogen-bond acceptors (Lipinski definition) is 4. The van der Waals surface area contributed by atoms with Gasteiger partial charge in [0.2, 0.25) is 0 Å². The van der Waals surface area contributed by atoms with E-state index >= 15 is 0 Å². The number of phenolic OH excluding ortho intramolecular Hbond substituents is 1. The Morgan fingerprint density at radius 2 is 2.19 bits per heavy atom. The maximum absolute atomic E-state index is 10.0. The summed E-state index contributed by atoms with van der Waals surface area (Å²) in [5.74, 6) is 2.26. The number of methoxy groups -OCH3 is 1. The van der Waals surface area contributed by atoms with Crippen molar-refractivity contribution in [1.82, 2.24) is 10.6 Å². The molecule has 0 spiro atoms. The molecular weight excluding hydrogens is 445 g/mol. The Balaban J connectivity index is 0.00000243. The third-order valence-electron chi connectivity index (χ3n) is 5.43. The molecular formula is C19H30IN3O3. The van der Waals surface area contributed by atoms with Gasteiger partial charge in [-0.05, 0) is 31.5 Å². The summed E-state index contributed by atoms with van der Waals surface area (Å²) in [6.45, 7) is 8.56. The van der Waals surface area contributed by atoms with Crippen molar-refractivity contribution < 1.29 is 14.6 Å². The average Bonchev–Trinajstić information content (AvgIpc) is 3.05. The SMILES string of the molecule is CCNC(=NCc1cc(OC)ccc1O)NC1C2CCOC2C1(C)C.I. The van der Waals surface area contributed by atoms with Gasteiger partial charge >= 0.3 is 0 Å². The average molecular weight is 475 g/mol. The van der Waals surface area contributed by atoms with Gasteiger partial charge in [0.1, 0.15) is 11.5 Å². The topological polar surface area (TPSA) is 75.1 Å². The van der Waals surface area contributed by atoms with Crippen LogP contribution >= 0.6 is 24.0 Å². The van der Waals surface area contributed by atoms with Crippen LogP contribution < -0.4 is 15.4 Å². The maximum atomic E-state index is 10.0. The lowest BCUT2D eigenvalue weighted by molar-refractivity contribution is -0.106. The molecule has 3 unspecified atom stereocenters. The van der Waals surface area contributed by atoms with Crippen LogP contribution in [0.1, 0.15) is 32.8 Å². The highest BCUT2D eigenvalue weighted by molar-refractivity contribution is 14.0. The van der Waals surface area contributed by atoms with E-state index in [4.69, 9.17) is 9.47 Å². The molecule has 1 aliphatic heterocycles. The Hall–Kier alpha value is -1.22. The highest BCUT2D eigenvalue weighted by Gasteiger charge is 2.59. The summed E-state index contributed by atoms with van der Waals surface area (Å²) in [4.78, 5) is 4.66. The minimum atomic E-state index is 0. The summed E-state index contributed by atoms with van der Waals surface area (Å²) in [5.41, 5.74) is 0.835. The van der Waals surface area contributed by atoms with Gasteiger partial charge in [0.05, 0.1) is 19.8 Å². The van der Waals surface area contributed by atoms with Gasteiger partial charge in [-0.2, -0.15) is 0 Å². The zero-order valence-electron chi connectivity index (χ0n) is 15.9. The van der Waals surface area contributed by atoms with Gasteiger partial charge in [-0.1, -0.05) is 13.8 Å². The molecule has 3 N–H and O–H groups in total. The highest BCUT2D eigenvalue weighted by Crippen LogP contribution is 2.52. The quantitative estimate of drug-likeness (QED) is 0.347. The number of nitrogens with zero attached hydrogens (tertiary/aromatic N) is 1. The first-order valence-corrected chi connectivity index (χ1v) is 8.99. The van der Waals surface area contributed by atoms with Crippen LogP contribution in [0.3, 0.4) is 0 Å². The minimum Gasteiger partial charge on any atom is -0.508 e. The van der Waals surface area contributed by atoms with Crippen LogP contribution in [0.4, 0.5) is 0 Å². The number of aromatic hydroxyl groups is 1. The van der Waals surface area contributed by atoms with E-state index in [2.05, 4.69) is 29.5 Å². The highest BCUT2D eigenvalue weighted by atomic mass is 127. The van der Waals surface area contributed by atoms with E-state index in [1.54, 1.807) is 19.2 Å². The zero-order valence-corrected chi connectivity index (χ0v) is 18.2. The van der Waals surface area contributed by atoms with Crippen LogP contribution in [0.15, 0.2) is 23.2 Å². The Morgan fingerprint density at radius 3 is 2.88 bits per heavy atom. The van der Waals surface area contributed by atoms with E-state index in [0.29, 0.717) is 30.4 Å². The van der Waals surface area contributed by atoms with Crippen molar-refractivity contribution in [2.24, 2.45) is 16.3 Å². The van der Waals surface area contributed by atoms with Gasteiger partial charge < -0.3 is 25.2 Å². The van der Waals surface area contributed by atoms with Crippen LogP contribution in [0.2, 0.25) is 0 Å². The van der Waals surface area contributed by atoms with Gasteiger partial charge in [-0.15, -0.1) is 24.0 Å². The van der Waals surface area contributed by atoms with Crippen LogP contribution in [-0.2, 0) is 11.3 Å². The second kappa shape index (κ2) is 8.65. The van der Waals surface area contributed by atoms with E-state index < -0.39 is 0 Å². The number of benzene rings is 1. The fraction of sp³-hybridized carbons (Fsp3) is 0.632. The zero-order chi connectivity index (χ0) is 18.0. The van der Waals surface area contributed by atoms with Crippen LogP contribution in [-0.4, -0.2) is 43.5 Å². The summed E-state index contributed by atoms with van der Waals surface area (Å²) in [5, 5.41) is 16.9. The van der Waals surface area contributed by atoms with Crippen molar-refractivity contribution in [3.8, 4) is 11.5 Å². The largest absolute Gasteiger partial charge is 0.508 e. The number of fused-ring (bicyclic) bond motifs is 1. The fourth-order valence-electron chi connectivity index (χ4n) is 4.06. The number of ether oxygens (including phenoxy) is 2. The Bertz CT molecular complexity index is 651. The van der Waals surface area contributed by atoms with Crippen molar-refractivity contribution in [3.63, 3.8) is 0 Å². The summed E-state index contributed by atoms with van der Waals surface area (Å²) >= 11 is 0. The number of phenols is 1. The molecule has 1 aromatic rings. The molecule has 1 saturated carbocycles. The van der Waals surface area contributed by atoms with Gasteiger partial charge in [-0.3, -0.25) is 0 Å². The second-order valence-electron chi connectivity index (χ2n) is 7.38. The lowest BCUT2D eigenvalue weighted by Gasteiger charge is -2.54. The van der Waals surface area contributed by atoms with Crippen molar-refractivity contribution >= 4 is 29.9 Å². The molecule has 2 aliphatic rings. The van der Waals surface area contributed by atoms with E-state index in [0.717, 1.165) is 31.1 Å². The lowest BCUT2D eigenvalue weighted by Crippen LogP contribution is -2.67. The molecule has 6 nitrogen and oxygen atoms in total. The molecule has 0 aromatic heterocycles. The van der Waals surface area contributed by atoms with E-state index in [1.807, 2.05) is 13.0 Å². The molecule has 3 atom stereocenters. The first kappa shape index (κ1) is 21.1. The smallest absolute Gasteiger partial charge is 0.191 e. The minimum absolute atomic E-state index is 0. The Morgan fingerprint density at radius 1 is 1.42 bits per heavy atom. The molecule has 26 heavy (non-hydrogen) atoms. The lowest BCUT2D eigenvalue weighted by atomic mass is 9.57. The normalized spacial score (nSPS) is 26.3. The summed E-state index contributed by atoms with van der Waals surface area (Å²) in [7, 11) is 1.61.